The summed E-state index contributed by atoms with van der Waals surface area (Å²) in [5, 5.41) is 7.17. The largest absolute Gasteiger partial charge is 0.489 e. The molecule has 216 valence electrons. The van der Waals surface area contributed by atoms with E-state index < -0.39 is 9.84 Å². The average Bonchev–Trinajstić information content (AvgIpc) is 3.39. The Balaban J connectivity index is 0.00000231. The van der Waals surface area contributed by atoms with E-state index in [1.54, 1.807) is 18.5 Å². The molecule has 5 rings (SSSR count). The first-order valence-corrected chi connectivity index (χ1v) is 14.2. The maximum absolute atomic E-state index is 13.4. The Hall–Kier alpha value is -3.77. The first-order valence-electron chi connectivity index (χ1n) is 12.1. The van der Waals surface area contributed by atoms with Gasteiger partial charge in [0.15, 0.2) is 5.76 Å². The molecule has 2 N–H and O–H groups in total. The minimum absolute atomic E-state index is 0. The summed E-state index contributed by atoms with van der Waals surface area (Å²) in [6, 6.07) is 17.4. The number of hydrogen-bond donors (Lipinski definition) is 2. The van der Waals surface area contributed by atoms with E-state index in [1.807, 2.05) is 42.5 Å². The molecule has 0 aliphatic rings. The van der Waals surface area contributed by atoms with Gasteiger partial charge < -0.3 is 19.8 Å². The van der Waals surface area contributed by atoms with Gasteiger partial charge in [-0.3, -0.25) is 4.98 Å². The van der Waals surface area contributed by atoms with Gasteiger partial charge in [0.25, 0.3) is 0 Å². The lowest BCUT2D eigenvalue weighted by molar-refractivity contribution is 0.305. The Bertz CT molecular complexity index is 1700. The highest BCUT2D eigenvalue weighted by Crippen LogP contribution is 2.28. The zero-order chi connectivity index (χ0) is 27.2. The van der Waals surface area contributed by atoms with Gasteiger partial charge in [-0.1, -0.05) is 12.1 Å². The van der Waals surface area contributed by atoms with Crippen LogP contribution in [0.4, 0.5) is 15.9 Å². The van der Waals surface area contributed by atoms with Crippen molar-refractivity contribution in [2.75, 3.05) is 23.9 Å². The van der Waals surface area contributed by atoms with E-state index in [4.69, 9.17) is 9.15 Å². The summed E-state index contributed by atoms with van der Waals surface area (Å²) in [7, 11) is -3.01. The smallest absolute Gasteiger partial charge is 0.152 e. The van der Waals surface area contributed by atoms with Crippen LogP contribution in [0.2, 0.25) is 0 Å². The van der Waals surface area contributed by atoms with Crippen molar-refractivity contribution in [3.8, 4) is 17.2 Å². The first kappa shape index (κ1) is 31.8. The molecule has 3 heterocycles. The van der Waals surface area contributed by atoms with E-state index in [2.05, 4.69) is 25.6 Å². The van der Waals surface area contributed by atoms with Crippen LogP contribution in [0, 0.1) is 5.82 Å². The summed E-state index contributed by atoms with van der Waals surface area (Å²) >= 11 is 0. The molecule has 41 heavy (non-hydrogen) atoms. The predicted octanol–water partition coefficient (Wildman–Crippen LogP) is 5.72. The van der Waals surface area contributed by atoms with Crippen LogP contribution >= 0.6 is 24.8 Å². The molecule has 0 saturated heterocycles. The number of sulfone groups is 1. The number of benzene rings is 2. The lowest BCUT2D eigenvalue weighted by Gasteiger charge is -2.10. The third-order valence-electron chi connectivity index (χ3n) is 5.82. The summed E-state index contributed by atoms with van der Waals surface area (Å²) < 4.78 is 47.4. The predicted molar refractivity (Wildman–Crippen MR) is 161 cm³/mol. The van der Waals surface area contributed by atoms with E-state index >= 15 is 0 Å². The molecule has 9 nitrogen and oxygen atoms in total. The van der Waals surface area contributed by atoms with Gasteiger partial charge in [0, 0.05) is 36.0 Å². The van der Waals surface area contributed by atoms with Crippen molar-refractivity contribution >= 4 is 57.1 Å². The standard InChI is InChI=1S/C28H26FN5O4S.2ClH/c1-39(35,36)10-9-30-14-20-12-27(38-17-20)25-13-24-26(15-31-25)32-18-33-28(24)34-22-5-7-23(8-6-22)37-16-19-3-2-4-21(29)11-19;;/h2-8,11-13,15,17-18,30H,9-10,14,16H2,1H3,(H,32,33,34);2*1H. The Morgan fingerprint density at radius 2 is 1.78 bits per heavy atom. The van der Waals surface area contributed by atoms with Crippen LogP contribution in [0.15, 0.2) is 83.9 Å². The van der Waals surface area contributed by atoms with Crippen molar-refractivity contribution in [2.45, 2.75) is 13.2 Å². The topological polar surface area (TPSA) is 119 Å². The molecule has 0 aliphatic carbocycles. The molecule has 3 aromatic heterocycles. The first-order chi connectivity index (χ1) is 18.8. The van der Waals surface area contributed by atoms with Gasteiger partial charge in [-0.15, -0.1) is 24.8 Å². The van der Waals surface area contributed by atoms with E-state index in [-0.39, 0.29) is 43.0 Å². The molecule has 0 aliphatic heterocycles. The number of halogens is 3. The van der Waals surface area contributed by atoms with Gasteiger partial charge >= 0.3 is 0 Å². The Morgan fingerprint density at radius 3 is 2.54 bits per heavy atom. The molecule has 0 atom stereocenters. The summed E-state index contributed by atoms with van der Waals surface area (Å²) in [6.07, 6.45) is 5.96. The number of rotatable bonds is 11. The molecule has 0 radical (unpaired) electrons. The number of anilines is 2. The molecule has 13 heteroatoms. The number of hydrogen-bond acceptors (Lipinski definition) is 9. The second kappa shape index (κ2) is 14.2. The second-order valence-electron chi connectivity index (χ2n) is 9.00. The lowest BCUT2D eigenvalue weighted by atomic mass is 10.2. The van der Waals surface area contributed by atoms with Crippen LogP contribution in [0.1, 0.15) is 11.1 Å². The van der Waals surface area contributed by atoms with Crippen molar-refractivity contribution in [2.24, 2.45) is 0 Å². The van der Waals surface area contributed by atoms with Gasteiger partial charge in [0.1, 0.15) is 45.8 Å². The molecule has 0 unspecified atom stereocenters. The normalized spacial score (nSPS) is 11.0. The second-order valence-corrected chi connectivity index (χ2v) is 11.3. The van der Waals surface area contributed by atoms with Crippen LogP contribution in [-0.4, -0.2) is 41.9 Å². The van der Waals surface area contributed by atoms with Crippen LogP contribution in [-0.2, 0) is 23.0 Å². The number of fused-ring (bicyclic) bond motifs is 1. The zero-order valence-corrected chi connectivity index (χ0v) is 24.4. The molecule has 0 fully saturated rings. The quantitative estimate of drug-likeness (QED) is 0.179. The highest BCUT2D eigenvalue weighted by Gasteiger charge is 2.11. The van der Waals surface area contributed by atoms with Gasteiger partial charge in [0.2, 0.25) is 0 Å². The van der Waals surface area contributed by atoms with Gasteiger partial charge in [-0.2, -0.15) is 0 Å². The summed E-state index contributed by atoms with van der Waals surface area (Å²) in [5.41, 5.74) is 3.71. The number of aromatic nitrogens is 3. The summed E-state index contributed by atoms with van der Waals surface area (Å²) in [6.45, 7) is 1.10. The van der Waals surface area contributed by atoms with Crippen LogP contribution < -0.4 is 15.4 Å². The summed E-state index contributed by atoms with van der Waals surface area (Å²) in [4.78, 5) is 13.2. The fourth-order valence-corrected chi connectivity index (χ4v) is 4.37. The Kier molecular flexibility index (Phi) is 11.0. The van der Waals surface area contributed by atoms with Crippen molar-refractivity contribution in [3.05, 3.63) is 96.4 Å². The summed E-state index contributed by atoms with van der Waals surface area (Å²) in [5.74, 6) is 1.61. The Morgan fingerprint density at radius 1 is 0.976 bits per heavy atom. The van der Waals surface area contributed by atoms with Crippen LogP contribution in [0.5, 0.6) is 5.75 Å². The highest BCUT2D eigenvalue weighted by molar-refractivity contribution is 7.90. The zero-order valence-electron chi connectivity index (χ0n) is 21.9. The maximum Gasteiger partial charge on any atom is 0.152 e. The number of pyridine rings is 1. The highest BCUT2D eigenvalue weighted by atomic mass is 35.5. The van der Waals surface area contributed by atoms with Gasteiger partial charge in [-0.25, -0.2) is 22.8 Å². The minimum Gasteiger partial charge on any atom is -0.489 e. The minimum atomic E-state index is -3.01. The number of nitrogens with one attached hydrogen (secondary N) is 2. The Labute approximate surface area is 249 Å². The van der Waals surface area contributed by atoms with Crippen molar-refractivity contribution in [1.29, 1.82) is 0 Å². The van der Waals surface area contributed by atoms with E-state index in [0.29, 0.717) is 41.6 Å². The molecule has 0 amide bonds. The van der Waals surface area contributed by atoms with Gasteiger partial charge in [0.05, 0.1) is 23.7 Å². The van der Waals surface area contributed by atoms with Crippen LogP contribution in [0.25, 0.3) is 22.4 Å². The van der Waals surface area contributed by atoms with Crippen molar-refractivity contribution in [1.82, 2.24) is 20.3 Å². The number of furan rings is 1. The third-order valence-corrected chi connectivity index (χ3v) is 6.76. The van der Waals surface area contributed by atoms with Gasteiger partial charge in [-0.05, 0) is 54.1 Å². The molecule has 5 aromatic rings. The fourth-order valence-electron chi connectivity index (χ4n) is 3.85. The van der Waals surface area contributed by atoms with E-state index in [0.717, 1.165) is 22.2 Å². The van der Waals surface area contributed by atoms with Crippen molar-refractivity contribution in [3.63, 3.8) is 0 Å². The van der Waals surface area contributed by atoms with E-state index in [9.17, 15) is 12.8 Å². The molecule has 0 spiro atoms. The average molecular weight is 621 g/mol. The lowest BCUT2D eigenvalue weighted by Crippen LogP contribution is -2.21. The molecule has 2 aromatic carbocycles. The van der Waals surface area contributed by atoms with Crippen molar-refractivity contribution < 1.29 is 22.0 Å². The number of nitrogens with zero attached hydrogens (tertiary/aromatic N) is 3. The molecule has 0 saturated carbocycles. The SMILES string of the molecule is CS(=O)(=O)CCNCc1coc(-c2cc3c(Nc4ccc(OCc5cccc(F)c5)cc4)ncnc3cn2)c1.Cl.Cl. The molecule has 0 bridgehead atoms. The maximum atomic E-state index is 13.4. The monoisotopic (exact) mass is 619 g/mol. The molecular formula is C28H28Cl2FN5O4S. The fraction of sp³-hybridized carbons (Fsp3) is 0.179. The number of ether oxygens (including phenoxy) is 1. The van der Waals surface area contributed by atoms with Crippen LogP contribution in [0.3, 0.4) is 0 Å². The third kappa shape index (κ3) is 8.86. The molecular weight excluding hydrogens is 592 g/mol. The van der Waals surface area contributed by atoms with E-state index in [1.165, 1.54) is 24.7 Å².